The lowest BCUT2D eigenvalue weighted by molar-refractivity contribution is 0.0910. The molecule has 4 nitrogen and oxygen atoms in total. The van der Waals surface area contributed by atoms with Crippen LogP contribution in [0.2, 0.25) is 0 Å². The third kappa shape index (κ3) is 2.74. The molecule has 2 bridgehead atoms. The van der Waals surface area contributed by atoms with Crippen LogP contribution in [0, 0.1) is 18.8 Å². The first kappa shape index (κ1) is 14.4. The molecule has 4 heteroatoms. The van der Waals surface area contributed by atoms with Crippen LogP contribution in [0.1, 0.15) is 40.2 Å². The summed E-state index contributed by atoms with van der Waals surface area (Å²) >= 11 is 0. The second-order valence-electron chi connectivity index (χ2n) is 6.83. The van der Waals surface area contributed by atoms with E-state index in [9.17, 15) is 4.79 Å². The van der Waals surface area contributed by atoms with E-state index in [-0.39, 0.29) is 11.9 Å². The Kier molecular flexibility index (Phi) is 3.60. The molecule has 1 heterocycles. The smallest absolute Gasteiger partial charge is 0.272 e. The zero-order valence-electron chi connectivity index (χ0n) is 13.3. The first-order chi connectivity index (χ1) is 11.2. The molecule has 1 saturated carbocycles. The van der Waals surface area contributed by atoms with Gasteiger partial charge in [0, 0.05) is 6.04 Å². The summed E-state index contributed by atoms with van der Waals surface area (Å²) in [7, 11) is 0. The number of carbonyl (C=O) groups excluding carboxylic acids is 1. The van der Waals surface area contributed by atoms with Crippen molar-refractivity contribution in [2.45, 2.75) is 38.6 Å². The zero-order chi connectivity index (χ0) is 15.8. The van der Waals surface area contributed by atoms with Crippen LogP contribution in [0.15, 0.2) is 36.4 Å². The molecule has 0 spiro atoms. The van der Waals surface area contributed by atoms with Crippen molar-refractivity contribution in [3.8, 4) is 0 Å². The highest BCUT2D eigenvalue weighted by molar-refractivity contribution is 5.92. The van der Waals surface area contributed by atoms with E-state index in [0.717, 1.165) is 18.5 Å². The summed E-state index contributed by atoms with van der Waals surface area (Å²) in [6.45, 7) is 1.87. The van der Waals surface area contributed by atoms with E-state index in [4.69, 9.17) is 0 Å². The molecular weight excluding hydrogens is 286 g/mol. The topological polar surface area (TPSA) is 54.9 Å². The minimum Gasteiger partial charge on any atom is -0.347 e. The number of nitrogens with zero attached hydrogens (tertiary/aromatic N) is 2. The van der Waals surface area contributed by atoms with Crippen molar-refractivity contribution < 1.29 is 4.79 Å². The fourth-order valence-corrected chi connectivity index (χ4v) is 4.13. The molecule has 2 atom stereocenters. The van der Waals surface area contributed by atoms with E-state index in [1.807, 2.05) is 13.0 Å². The number of benzene rings is 1. The maximum Gasteiger partial charge on any atom is 0.272 e. The zero-order valence-corrected chi connectivity index (χ0v) is 13.3. The van der Waals surface area contributed by atoms with Crippen LogP contribution in [0.25, 0.3) is 0 Å². The summed E-state index contributed by atoms with van der Waals surface area (Å²) in [5, 5.41) is 11.3. The summed E-state index contributed by atoms with van der Waals surface area (Å²) in [5.41, 5.74) is 4.14. The Labute approximate surface area is 136 Å². The van der Waals surface area contributed by atoms with Crippen molar-refractivity contribution in [1.82, 2.24) is 15.5 Å². The molecule has 1 aromatic heterocycles. The molecule has 0 saturated heterocycles. The molecule has 0 radical (unpaired) electrons. The van der Waals surface area contributed by atoms with Crippen LogP contribution in [-0.4, -0.2) is 22.1 Å². The third-order valence-electron chi connectivity index (χ3n) is 5.33. The first-order valence-electron chi connectivity index (χ1n) is 8.38. The standard InChI is InChI=1S/C19H21N3O/c1-12-6-9-17(22-21-12)19(23)20-18-15-7-8-16(18)11-14-5-3-2-4-13(14)10-15/h2-6,9,15-16,18H,7-8,10-11H2,1H3,(H,20,23). The van der Waals surface area contributed by atoms with Crippen LogP contribution in [0.3, 0.4) is 0 Å². The van der Waals surface area contributed by atoms with E-state index in [1.54, 1.807) is 6.07 Å². The number of nitrogens with one attached hydrogen (secondary N) is 1. The average molecular weight is 307 g/mol. The highest BCUT2D eigenvalue weighted by atomic mass is 16.2. The molecule has 2 aromatic rings. The lowest BCUT2D eigenvalue weighted by Crippen LogP contribution is -2.42. The number of fused-ring (bicyclic) bond motifs is 3. The Morgan fingerprint density at radius 3 is 2.22 bits per heavy atom. The van der Waals surface area contributed by atoms with Crippen molar-refractivity contribution >= 4 is 5.91 Å². The molecule has 2 aliphatic carbocycles. The van der Waals surface area contributed by atoms with Gasteiger partial charge in [0.05, 0.1) is 5.69 Å². The van der Waals surface area contributed by atoms with E-state index >= 15 is 0 Å². The van der Waals surface area contributed by atoms with Crippen molar-refractivity contribution in [3.63, 3.8) is 0 Å². The summed E-state index contributed by atoms with van der Waals surface area (Å²) in [6, 6.07) is 12.5. The maximum atomic E-state index is 12.5. The van der Waals surface area contributed by atoms with Gasteiger partial charge in [0.1, 0.15) is 0 Å². The van der Waals surface area contributed by atoms with E-state index in [0.29, 0.717) is 17.5 Å². The quantitative estimate of drug-likeness (QED) is 0.928. The number of amides is 1. The SMILES string of the molecule is Cc1ccc(C(=O)NC2C3CCC2Cc2ccccc2C3)nn1. The minimum absolute atomic E-state index is 0.0923. The Morgan fingerprint density at radius 2 is 1.65 bits per heavy atom. The fraction of sp³-hybridized carbons (Fsp3) is 0.421. The van der Waals surface area contributed by atoms with Crippen LogP contribution >= 0.6 is 0 Å². The van der Waals surface area contributed by atoms with E-state index in [1.165, 1.54) is 24.0 Å². The van der Waals surface area contributed by atoms with Gasteiger partial charge >= 0.3 is 0 Å². The monoisotopic (exact) mass is 307 g/mol. The molecule has 0 aliphatic heterocycles. The molecule has 23 heavy (non-hydrogen) atoms. The molecule has 2 unspecified atom stereocenters. The predicted octanol–water partition coefficient (Wildman–Crippen LogP) is 2.71. The van der Waals surface area contributed by atoms with Gasteiger partial charge in [-0.15, -0.1) is 5.10 Å². The van der Waals surface area contributed by atoms with Crippen LogP contribution in [0.5, 0.6) is 0 Å². The first-order valence-corrected chi connectivity index (χ1v) is 8.38. The highest BCUT2D eigenvalue weighted by Gasteiger charge is 2.39. The van der Waals surface area contributed by atoms with Gasteiger partial charge in [-0.3, -0.25) is 4.79 Å². The van der Waals surface area contributed by atoms with Crippen LogP contribution < -0.4 is 5.32 Å². The van der Waals surface area contributed by atoms with Gasteiger partial charge in [0.25, 0.3) is 5.91 Å². The van der Waals surface area contributed by atoms with Crippen molar-refractivity contribution in [1.29, 1.82) is 0 Å². The third-order valence-corrected chi connectivity index (χ3v) is 5.33. The lowest BCUT2D eigenvalue weighted by atomic mass is 9.94. The Morgan fingerprint density at radius 1 is 1.00 bits per heavy atom. The summed E-state index contributed by atoms with van der Waals surface area (Å²) in [4.78, 5) is 12.5. The molecule has 1 N–H and O–H groups in total. The fourth-order valence-electron chi connectivity index (χ4n) is 4.13. The Hall–Kier alpha value is -2.23. The number of rotatable bonds is 2. The van der Waals surface area contributed by atoms with Crippen LogP contribution in [0.4, 0.5) is 0 Å². The van der Waals surface area contributed by atoms with E-state index in [2.05, 4.69) is 39.8 Å². The van der Waals surface area contributed by atoms with Gasteiger partial charge in [0.15, 0.2) is 5.69 Å². The summed E-state index contributed by atoms with van der Waals surface area (Å²) < 4.78 is 0. The van der Waals surface area contributed by atoms with Gasteiger partial charge in [-0.2, -0.15) is 5.10 Å². The van der Waals surface area contributed by atoms with Crippen molar-refractivity contribution in [3.05, 3.63) is 58.9 Å². The molecule has 4 rings (SSSR count). The molecule has 1 amide bonds. The molecular formula is C19H21N3O. The van der Waals surface area contributed by atoms with Crippen molar-refractivity contribution in [2.75, 3.05) is 0 Å². The maximum absolute atomic E-state index is 12.5. The van der Waals surface area contributed by atoms with Gasteiger partial charge in [-0.05, 0) is 67.7 Å². The normalized spacial score (nSPS) is 25.5. The number of carbonyl (C=O) groups is 1. The number of hydrogen-bond acceptors (Lipinski definition) is 3. The Balaban J connectivity index is 1.54. The molecule has 1 aromatic carbocycles. The van der Waals surface area contributed by atoms with E-state index < -0.39 is 0 Å². The lowest BCUT2D eigenvalue weighted by Gasteiger charge is -2.23. The van der Waals surface area contributed by atoms with Gasteiger partial charge in [0.2, 0.25) is 0 Å². The van der Waals surface area contributed by atoms with Gasteiger partial charge in [-0.25, -0.2) is 0 Å². The molecule has 1 fully saturated rings. The second kappa shape index (κ2) is 5.76. The highest BCUT2D eigenvalue weighted by Crippen LogP contribution is 2.40. The summed E-state index contributed by atoms with van der Waals surface area (Å²) in [5.74, 6) is 0.974. The largest absolute Gasteiger partial charge is 0.347 e. The van der Waals surface area contributed by atoms with Crippen molar-refractivity contribution in [2.24, 2.45) is 11.8 Å². The summed E-state index contributed by atoms with van der Waals surface area (Å²) in [6.07, 6.45) is 4.53. The number of hydrogen-bond donors (Lipinski definition) is 1. The minimum atomic E-state index is -0.0923. The molecule has 2 aliphatic rings. The number of aryl methyl sites for hydroxylation is 1. The van der Waals surface area contributed by atoms with Crippen LogP contribution in [-0.2, 0) is 12.8 Å². The average Bonchev–Trinajstić information content (AvgIpc) is 2.82. The molecule has 118 valence electrons. The Bertz CT molecular complexity index is 693. The second-order valence-corrected chi connectivity index (χ2v) is 6.83. The van der Waals surface area contributed by atoms with Gasteiger partial charge < -0.3 is 5.32 Å². The van der Waals surface area contributed by atoms with Gasteiger partial charge in [-0.1, -0.05) is 24.3 Å². The number of aromatic nitrogens is 2. The predicted molar refractivity (Wildman–Crippen MR) is 88.1 cm³/mol.